The van der Waals surface area contributed by atoms with E-state index in [9.17, 15) is 14.0 Å². The summed E-state index contributed by atoms with van der Waals surface area (Å²) < 4.78 is 13.8. The quantitative estimate of drug-likeness (QED) is 0.396. The van der Waals surface area contributed by atoms with E-state index >= 15 is 0 Å². The van der Waals surface area contributed by atoms with Crippen LogP contribution in [0, 0.1) is 11.3 Å². The van der Waals surface area contributed by atoms with Gasteiger partial charge < -0.3 is 27.1 Å². The van der Waals surface area contributed by atoms with Gasteiger partial charge in [-0.15, -0.1) is 0 Å². The first-order valence-electron chi connectivity index (χ1n) is 10.1. The van der Waals surface area contributed by atoms with Crippen LogP contribution in [0.1, 0.15) is 24.0 Å². The molecule has 0 radical (unpaired) electrons. The van der Waals surface area contributed by atoms with Gasteiger partial charge in [0.05, 0.1) is 23.9 Å². The predicted molar refractivity (Wildman–Crippen MR) is 113 cm³/mol. The molecule has 0 aromatic heterocycles. The highest BCUT2D eigenvalue weighted by molar-refractivity contribution is 6.21. The zero-order valence-corrected chi connectivity index (χ0v) is 16.9. The number of primary amides is 1. The number of halogens is 1. The normalized spacial score (nSPS) is 23.9. The topological polar surface area (TPSA) is 125 Å². The van der Waals surface area contributed by atoms with Crippen molar-refractivity contribution in [3.05, 3.63) is 59.4 Å². The highest BCUT2D eigenvalue weighted by Crippen LogP contribution is 2.28. The Morgan fingerprint density at radius 3 is 2.67 bits per heavy atom. The number of nitrogens with one attached hydrogen (secondary N) is 2. The number of hydrogen-bond donors (Lipinski definition) is 4. The van der Waals surface area contributed by atoms with Crippen LogP contribution >= 0.6 is 0 Å². The van der Waals surface area contributed by atoms with Crippen LogP contribution in [0.25, 0.3) is 0 Å². The summed E-state index contributed by atoms with van der Waals surface area (Å²) in [6.45, 7) is 3.60. The molecule has 1 aromatic carbocycles. The molecule has 0 unspecified atom stereocenters. The number of fused-ring (bicyclic) bond motifs is 1. The summed E-state index contributed by atoms with van der Waals surface area (Å²) in [4.78, 5) is 25.4. The third-order valence-corrected chi connectivity index (χ3v) is 5.89. The number of carbonyl (C=O) groups excluding carboxylic acids is 2. The van der Waals surface area contributed by atoms with Crippen molar-refractivity contribution in [3.63, 3.8) is 0 Å². The van der Waals surface area contributed by atoms with Gasteiger partial charge in [0.1, 0.15) is 12.0 Å². The molecule has 1 aliphatic heterocycles. The first-order chi connectivity index (χ1) is 14.3. The van der Waals surface area contributed by atoms with Gasteiger partial charge in [-0.3, -0.25) is 9.59 Å². The summed E-state index contributed by atoms with van der Waals surface area (Å²) in [6.07, 6.45) is 2.39. The molecule has 160 valence electrons. The molecule has 3 atom stereocenters. The lowest BCUT2D eigenvalue weighted by atomic mass is 9.79. The van der Waals surface area contributed by atoms with Crippen molar-refractivity contribution in [1.82, 2.24) is 10.2 Å². The number of nitrogens with two attached hydrogens (primary N) is 2. The summed E-state index contributed by atoms with van der Waals surface area (Å²) in [6, 6.07) is 7.64. The van der Waals surface area contributed by atoms with Gasteiger partial charge in [0.2, 0.25) is 5.91 Å². The second kappa shape index (κ2) is 9.11. The van der Waals surface area contributed by atoms with E-state index in [4.69, 9.17) is 16.9 Å². The lowest BCUT2D eigenvalue weighted by molar-refractivity contribution is -0.126. The van der Waals surface area contributed by atoms with Gasteiger partial charge in [0, 0.05) is 18.9 Å². The lowest BCUT2D eigenvalue weighted by Gasteiger charge is -2.27. The molecule has 0 saturated carbocycles. The van der Waals surface area contributed by atoms with Crippen molar-refractivity contribution in [2.45, 2.75) is 37.9 Å². The van der Waals surface area contributed by atoms with Crippen molar-refractivity contribution in [2.24, 2.45) is 17.4 Å². The molecular weight excluding hydrogens is 385 g/mol. The molecule has 1 heterocycles. The Kier molecular flexibility index (Phi) is 6.54. The minimum atomic E-state index is -1.12. The molecular formula is C22H28FN5O2. The van der Waals surface area contributed by atoms with Gasteiger partial charge in [-0.2, -0.15) is 0 Å². The molecule has 1 aromatic rings. The lowest BCUT2D eigenvalue weighted by Crippen LogP contribution is -2.43. The predicted octanol–water partition coefficient (Wildman–Crippen LogP) is 1.18. The van der Waals surface area contributed by atoms with Crippen LogP contribution in [0.3, 0.4) is 0 Å². The van der Waals surface area contributed by atoms with Crippen LogP contribution in [-0.4, -0.2) is 47.7 Å². The Bertz CT molecular complexity index is 897. The second-order valence-corrected chi connectivity index (χ2v) is 7.84. The van der Waals surface area contributed by atoms with Crippen molar-refractivity contribution in [3.8, 4) is 0 Å². The molecule has 0 bridgehead atoms. The molecule has 6 N–H and O–H groups in total. The van der Waals surface area contributed by atoms with Crippen molar-refractivity contribution in [1.29, 1.82) is 5.41 Å². The van der Waals surface area contributed by atoms with Crippen molar-refractivity contribution < 1.29 is 14.0 Å². The van der Waals surface area contributed by atoms with Crippen LogP contribution in [0.15, 0.2) is 48.3 Å². The van der Waals surface area contributed by atoms with E-state index in [0.717, 1.165) is 24.5 Å². The van der Waals surface area contributed by atoms with Crippen LogP contribution in [0.4, 0.5) is 4.39 Å². The van der Waals surface area contributed by atoms with E-state index in [-0.39, 0.29) is 48.4 Å². The van der Waals surface area contributed by atoms with Gasteiger partial charge in [0.15, 0.2) is 0 Å². The second-order valence-electron chi connectivity index (χ2n) is 7.84. The molecule has 3 rings (SSSR count). The van der Waals surface area contributed by atoms with Crippen molar-refractivity contribution >= 4 is 17.5 Å². The van der Waals surface area contributed by atoms with Crippen LogP contribution < -0.4 is 16.8 Å². The number of alkyl halides is 1. The molecule has 7 nitrogen and oxygen atoms in total. The molecule has 1 aliphatic carbocycles. The smallest absolute Gasteiger partial charge is 0.254 e. The highest BCUT2D eigenvalue weighted by Gasteiger charge is 2.34. The highest BCUT2D eigenvalue weighted by atomic mass is 19.1. The summed E-state index contributed by atoms with van der Waals surface area (Å²) >= 11 is 0. The average Bonchev–Trinajstić information content (AvgIpc) is 3.11. The zero-order chi connectivity index (χ0) is 21.8. The Balaban J connectivity index is 1.73. The molecule has 8 heteroatoms. The van der Waals surface area contributed by atoms with Crippen LogP contribution in [0.2, 0.25) is 0 Å². The number of rotatable bonds is 7. The average molecular weight is 413 g/mol. The summed E-state index contributed by atoms with van der Waals surface area (Å²) in [7, 11) is 0. The maximum atomic E-state index is 13.8. The number of carbonyl (C=O) groups is 2. The largest absolute Gasteiger partial charge is 0.385 e. The summed E-state index contributed by atoms with van der Waals surface area (Å²) in [5, 5.41) is 11.5. The minimum Gasteiger partial charge on any atom is -0.385 e. The molecule has 2 amide bonds. The maximum absolute atomic E-state index is 13.8. The third kappa shape index (κ3) is 4.53. The van der Waals surface area contributed by atoms with Crippen LogP contribution in [-0.2, 0) is 22.4 Å². The first-order valence-corrected chi connectivity index (χ1v) is 10.1. The van der Waals surface area contributed by atoms with Gasteiger partial charge in [-0.25, -0.2) is 4.39 Å². The van der Waals surface area contributed by atoms with Gasteiger partial charge >= 0.3 is 0 Å². The van der Waals surface area contributed by atoms with E-state index in [2.05, 4.69) is 18.0 Å². The van der Waals surface area contributed by atoms with Gasteiger partial charge in [-0.05, 0) is 36.5 Å². The minimum absolute atomic E-state index is 0.000792. The van der Waals surface area contributed by atoms with E-state index in [0.29, 0.717) is 6.42 Å². The maximum Gasteiger partial charge on any atom is 0.254 e. The van der Waals surface area contributed by atoms with E-state index in [1.807, 2.05) is 18.2 Å². The Morgan fingerprint density at radius 1 is 1.30 bits per heavy atom. The number of amides is 2. The number of hydrogen-bond acceptors (Lipinski definition) is 5. The molecule has 1 fully saturated rings. The first kappa shape index (κ1) is 21.5. The number of aryl methyl sites for hydroxylation is 1. The monoisotopic (exact) mass is 413 g/mol. The Morgan fingerprint density at radius 2 is 2.00 bits per heavy atom. The summed E-state index contributed by atoms with van der Waals surface area (Å²) in [5.41, 5.74) is 14.1. The molecule has 30 heavy (non-hydrogen) atoms. The number of nitrogens with zero attached hydrogens (tertiary/aromatic N) is 1. The molecule has 1 saturated heterocycles. The van der Waals surface area contributed by atoms with Crippen LogP contribution in [0.5, 0.6) is 0 Å². The van der Waals surface area contributed by atoms with Crippen molar-refractivity contribution in [2.75, 3.05) is 13.1 Å². The zero-order valence-electron chi connectivity index (χ0n) is 16.9. The molecule has 0 spiro atoms. The van der Waals surface area contributed by atoms with E-state index < -0.39 is 18.1 Å². The van der Waals surface area contributed by atoms with E-state index in [1.165, 1.54) is 10.5 Å². The number of likely N-dealkylation sites (tertiary alicyclic amines) is 1. The standard InChI is InChI=1S/C22H28FN5O2/c1-2-18(29)28-12-16(23)10-17(28)11-27-21(25)19(22(26)30)20(24)15-8-7-13-5-3-4-6-14(13)9-15/h2-6,15-17,24,27H,1,7-12,25H2,(H2,26,30)/b21-19+,24-20?/t15-,16-,17+/m1/s1. The fourth-order valence-corrected chi connectivity index (χ4v) is 4.32. The Hall–Kier alpha value is -3.16. The molecule has 2 aliphatic rings. The third-order valence-electron chi connectivity index (χ3n) is 5.89. The SMILES string of the molecule is C=CC(=O)N1C[C@H](F)C[C@H]1CN/C(N)=C(\C(=N)[C@@H]1CCc2ccccc2C1)C(N)=O. The van der Waals surface area contributed by atoms with Gasteiger partial charge in [0.25, 0.3) is 5.91 Å². The summed E-state index contributed by atoms with van der Waals surface area (Å²) in [5.74, 6) is -1.31. The fourth-order valence-electron chi connectivity index (χ4n) is 4.32. The van der Waals surface area contributed by atoms with Gasteiger partial charge in [-0.1, -0.05) is 30.8 Å². The number of benzene rings is 1. The Labute approximate surface area is 175 Å². The van der Waals surface area contributed by atoms with E-state index in [1.54, 1.807) is 0 Å². The fraction of sp³-hybridized carbons (Fsp3) is 0.409.